The second-order valence-corrected chi connectivity index (χ2v) is 9.95. The van der Waals surface area contributed by atoms with E-state index in [0.717, 1.165) is 18.7 Å². The highest BCUT2D eigenvalue weighted by atomic mass is 16.3. The molecule has 1 aliphatic rings. The number of nitrogens with one attached hydrogen (secondary N) is 1. The van der Waals surface area contributed by atoms with Crippen molar-refractivity contribution in [3.05, 3.63) is 48.3 Å². The molecule has 8 nitrogen and oxygen atoms in total. The second-order valence-electron chi connectivity index (χ2n) is 9.95. The van der Waals surface area contributed by atoms with Crippen LogP contribution in [0.2, 0.25) is 0 Å². The molecule has 0 unspecified atom stereocenters. The zero-order valence-electron chi connectivity index (χ0n) is 19.4. The largest absolute Gasteiger partial charge is 0.507 e. The molecule has 32 heavy (non-hydrogen) atoms. The van der Waals surface area contributed by atoms with E-state index in [9.17, 15) is 10.2 Å². The molecular weight excluding hydrogens is 404 g/mol. The topological polar surface area (TPSA) is 99.3 Å². The summed E-state index contributed by atoms with van der Waals surface area (Å²) in [4.78, 5) is 2.21. The lowest BCUT2D eigenvalue weighted by molar-refractivity contribution is 0.160. The van der Waals surface area contributed by atoms with Crippen LogP contribution < -0.4 is 10.2 Å². The molecule has 3 heterocycles. The highest BCUT2D eigenvalue weighted by molar-refractivity contribution is 5.69. The molecule has 8 heteroatoms. The van der Waals surface area contributed by atoms with E-state index in [-0.39, 0.29) is 23.4 Å². The van der Waals surface area contributed by atoms with Crippen LogP contribution in [0.1, 0.15) is 46.2 Å². The number of nitrogens with zero attached hydrogens (tertiary/aromatic N) is 5. The molecular formula is C24H32N6O2. The Bertz CT molecular complexity index is 1070. The van der Waals surface area contributed by atoms with E-state index in [1.165, 1.54) is 0 Å². The first-order chi connectivity index (χ1) is 15.1. The molecule has 3 N–H and O–H groups in total. The van der Waals surface area contributed by atoms with Crippen molar-refractivity contribution in [3.8, 4) is 22.7 Å². The molecule has 2 aromatic heterocycles. The van der Waals surface area contributed by atoms with Gasteiger partial charge in [0.05, 0.1) is 23.7 Å². The number of piperidine rings is 1. The molecule has 4 rings (SSSR count). The highest BCUT2D eigenvalue weighted by Gasteiger charge is 2.39. The van der Waals surface area contributed by atoms with E-state index < -0.39 is 0 Å². The summed E-state index contributed by atoms with van der Waals surface area (Å²) < 4.78 is 1.61. The van der Waals surface area contributed by atoms with Gasteiger partial charge in [0.25, 0.3) is 0 Å². The third-order valence-electron chi connectivity index (χ3n) is 6.06. The number of aromatic hydroxyl groups is 1. The lowest BCUT2D eigenvalue weighted by Crippen LogP contribution is -2.62. The molecule has 0 bridgehead atoms. The van der Waals surface area contributed by atoms with Crippen LogP contribution in [0, 0.1) is 0 Å². The molecule has 3 aromatic rings. The van der Waals surface area contributed by atoms with Gasteiger partial charge in [0.1, 0.15) is 5.75 Å². The lowest BCUT2D eigenvalue weighted by Gasteiger charge is -2.49. The summed E-state index contributed by atoms with van der Waals surface area (Å²) in [5.41, 5.74) is 2.58. The van der Waals surface area contributed by atoms with Crippen LogP contribution in [0.15, 0.2) is 42.6 Å². The Hall–Kier alpha value is -2.97. The van der Waals surface area contributed by atoms with Gasteiger partial charge >= 0.3 is 0 Å². The molecule has 0 radical (unpaired) electrons. The van der Waals surface area contributed by atoms with Crippen LogP contribution in [-0.2, 0) is 6.61 Å². The number of benzene rings is 1. The normalized spacial score (nSPS) is 17.9. The van der Waals surface area contributed by atoms with Gasteiger partial charge in [-0.1, -0.05) is 0 Å². The average Bonchev–Trinajstić information content (AvgIpc) is 3.20. The minimum absolute atomic E-state index is 0.0497. The predicted octanol–water partition coefficient (Wildman–Crippen LogP) is 3.27. The summed E-state index contributed by atoms with van der Waals surface area (Å²) in [6, 6.07) is 11.2. The molecule has 170 valence electrons. The molecule has 0 atom stereocenters. The fourth-order valence-corrected chi connectivity index (χ4v) is 4.86. The molecule has 0 saturated carbocycles. The second kappa shape index (κ2) is 8.18. The van der Waals surface area contributed by atoms with E-state index in [2.05, 4.69) is 60.3 Å². The molecule has 1 aliphatic heterocycles. The van der Waals surface area contributed by atoms with Crippen LogP contribution in [0.4, 0.5) is 5.82 Å². The van der Waals surface area contributed by atoms with Crippen molar-refractivity contribution in [2.24, 2.45) is 0 Å². The minimum Gasteiger partial charge on any atom is -0.507 e. The number of phenols is 1. The van der Waals surface area contributed by atoms with Crippen molar-refractivity contribution in [3.63, 3.8) is 0 Å². The van der Waals surface area contributed by atoms with Crippen LogP contribution in [0.5, 0.6) is 5.75 Å². The van der Waals surface area contributed by atoms with Gasteiger partial charge in [-0.05, 0) is 70.9 Å². The van der Waals surface area contributed by atoms with Gasteiger partial charge in [-0.15, -0.1) is 10.2 Å². The van der Waals surface area contributed by atoms with Gasteiger partial charge in [0, 0.05) is 42.0 Å². The summed E-state index contributed by atoms with van der Waals surface area (Å²) in [5, 5.41) is 36.6. The van der Waals surface area contributed by atoms with E-state index in [4.69, 9.17) is 0 Å². The fourth-order valence-electron chi connectivity index (χ4n) is 4.86. The van der Waals surface area contributed by atoms with Gasteiger partial charge in [0.2, 0.25) is 0 Å². The monoisotopic (exact) mass is 436 g/mol. The van der Waals surface area contributed by atoms with Gasteiger partial charge in [-0.2, -0.15) is 5.10 Å². The van der Waals surface area contributed by atoms with Crippen molar-refractivity contribution in [1.29, 1.82) is 0 Å². The Balaban J connectivity index is 1.53. The number of aliphatic hydroxyl groups is 1. The summed E-state index contributed by atoms with van der Waals surface area (Å²) >= 11 is 0. The molecule has 1 saturated heterocycles. The quantitative estimate of drug-likeness (QED) is 0.564. The first-order valence-electron chi connectivity index (χ1n) is 10.9. The maximum absolute atomic E-state index is 10.6. The molecule has 1 fully saturated rings. The van der Waals surface area contributed by atoms with Crippen LogP contribution in [0.25, 0.3) is 16.9 Å². The molecule has 0 amide bonds. The van der Waals surface area contributed by atoms with E-state index in [1.54, 1.807) is 29.1 Å². The Morgan fingerprint density at radius 2 is 1.78 bits per heavy atom. The SMILES string of the molecule is CN(c1ccc(-c2ccc(-n3ccc(CO)n3)cc2O)nn1)C1CC(C)(C)NC(C)(C)C1. The number of hydrogen-bond donors (Lipinski definition) is 3. The number of phenolic OH excluding ortho intramolecular Hbond substituents is 1. The van der Waals surface area contributed by atoms with Crippen molar-refractivity contribution in [1.82, 2.24) is 25.3 Å². The summed E-state index contributed by atoms with van der Waals surface area (Å²) in [5.74, 6) is 0.914. The average molecular weight is 437 g/mol. The fraction of sp³-hybridized carbons (Fsp3) is 0.458. The van der Waals surface area contributed by atoms with Crippen molar-refractivity contribution in [2.75, 3.05) is 11.9 Å². The number of rotatable bonds is 5. The first-order valence-corrected chi connectivity index (χ1v) is 10.9. The molecule has 0 aliphatic carbocycles. The number of anilines is 1. The van der Waals surface area contributed by atoms with Gasteiger partial charge in [-0.25, -0.2) is 4.68 Å². The van der Waals surface area contributed by atoms with E-state index in [0.29, 0.717) is 28.7 Å². The Kier molecular flexibility index (Phi) is 5.68. The van der Waals surface area contributed by atoms with Crippen molar-refractivity contribution in [2.45, 2.75) is 64.3 Å². The first kappa shape index (κ1) is 22.2. The minimum atomic E-state index is -0.125. The van der Waals surface area contributed by atoms with Crippen LogP contribution in [-0.4, -0.2) is 54.4 Å². The number of hydrogen-bond acceptors (Lipinski definition) is 7. The Morgan fingerprint density at radius 3 is 2.34 bits per heavy atom. The van der Waals surface area contributed by atoms with Gasteiger partial charge in [0.15, 0.2) is 5.82 Å². The van der Waals surface area contributed by atoms with Crippen LogP contribution >= 0.6 is 0 Å². The highest BCUT2D eigenvalue weighted by Crippen LogP contribution is 2.34. The Morgan fingerprint density at radius 1 is 1.06 bits per heavy atom. The maximum atomic E-state index is 10.6. The molecule has 1 aromatic carbocycles. The van der Waals surface area contributed by atoms with Crippen molar-refractivity contribution >= 4 is 5.82 Å². The lowest BCUT2D eigenvalue weighted by atomic mass is 9.79. The van der Waals surface area contributed by atoms with E-state index >= 15 is 0 Å². The Labute approximate surface area is 188 Å². The smallest absolute Gasteiger partial charge is 0.151 e. The summed E-state index contributed by atoms with van der Waals surface area (Å²) in [7, 11) is 2.07. The predicted molar refractivity (Wildman–Crippen MR) is 125 cm³/mol. The molecule has 0 spiro atoms. The zero-order valence-corrected chi connectivity index (χ0v) is 19.4. The third-order valence-corrected chi connectivity index (χ3v) is 6.06. The number of aromatic nitrogens is 4. The third kappa shape index (κ3) is 4.61. The maximum Gasteiger partial charge on any atom is 0.151 e. The van der Waals surface area contributed by atoms with Crippen LogP contribution in [0.3, 0.4) is 0 Å². The number of aliphatic hydroxyl groups excluding tert-OH is 1. The zero-order chi connectivity index (χ0) is 23.1. The van der Waals surface area contributed by atoms with Gasteiger partial charge < -0.3 is 20.4 Å². The standard InChI is InChI=1S/C24H32N6O2/c1-23(2)13-18(14-24(3,4)28-23)29(5)22-9-8-20(25-26-22)19-7-6-17(12-21(19)32)30-11-10-16(15-31)27-30/h6-12,18,28,31-32H,13-15H2,1-5H3. The van der Waals surface area contributed by atoms with Crippen molar-refractivity contribution < 1.29 is 10.2 Å². The van der Waals surface area contributed by atoms with E-state index in [1.807, 2.05) is 18.2 Å². The summed E-state index contributed by atoms with van der Waals surface area (Å²) in [6.45, 7) is 8.83. The van der Waals surface area contributed by atoms with Gasteiger partial charge in [-0.3, -0.25) is 0 Å². The summed E-state index contributed by atoms with van der Waals surface area (Å²) in [6.07, 6.45) is 3.78.